The summed E-state index contributed by atoms with van der Waals surface area (Å²) < 4.78 is 31.8. The molecule has 0 atom stereocenters. The maximum atomic E-state index is 12.7. The van der Waals surface area contributed by atoms with Crippen molar-refractivity contribution in [2.75, 3.05) is 26.2 Å². The molecule has 1 aromatic carbocycles. The zero-order chi connectivity index (χ0) is 19.6. The Balaban J connectivity index is 0.00000280. The van der Waals surface area contributed by atoms with E-state index >= 15 is 0 Å². The molecule has 0 aliphatic carbocycles. The number of rotatable bonds is 5. The number of nitro benzene ring substituents is 1. The van der Waals surface area contributed by atoms with Crippen molar-refractivity contribution in [3.8, 4) is 0 Å². The van der Waals surface area contributed by atoms with Gasteiger partial charge in [0, 0.05) is 38.3 Å². The average Bonchev–Trinajstić information content (AvgIpc) is 3.17. The first-order chi connectivity index (χ1) is 12.8. The van der Waals surface area contributed by atoms with Gasteiger partial charge in [-0.05, 0) is 12.1 Å². The van der Waals surface area contributed by atoms with Crippen molar-refractivity contribution in [1.82, 2.24) is 9.21 Å². The van der Waals surface area contributed by atoms with Crippen molar-refractivity contribution in [3.63, 3.8) is 0 Å². The lowest BCUT2D eigenvalue weighted by Gasteiger charge is -2.33. The van der Waals surface area contributed by atoms with Gasteiger partial charge in [-0.25, -0.2) is 8.42 Å². The predicted octanol–water partition coefficient (Wildman–Crippen LogP) is 1.22. The molecular weight excluding hydrogens is 412 g/mol. The molecule has 1 aromatic heterocycles. The zero-order valence-electron chi connectivity index (χ0n) is 14.7. The number of furan rings is 1. The Hall–Kier alpha value is -2.47. The monoisotopic (exact) mass is 430 g/mol. The molecule has 152 valence electrons. The fraction of sp³-hybridized carbons (Fsp3) is 0.312. The Morgan fingerprint density at radius 3 is 2.46 bits per heavy atom. The average molecular weight is 431 g/mol. The number of nitrogens with zero attached hydrogens (tertiary/aromatic N) is 3. The van der Waals surface area contributed by atoms with Crippen LogP contribution in [0.1, 0.15) is 16.1 Å². The molecule has 0 radical (unpaired) electrons. The van der Waals surface area contributed by atoms with Crippen LogP contribution in [0.15, 0.2) is 45.9 Å². The summed E-state index contributed by atoms with van der Waals surface area (Å²) in [6.45, 7) is 0.783. The van der Waals surface area contributed by atoms with Crippen LogP contribution in [-0.2, 0) is 16.6 Å². The molecule has 1 fully saturated rings. The number of hydrogen-bond donors (Lipinski definition) is 1. The Morgan fingerprint density at radius 2 is 1.89 bits per heavy atom. The second-order valence-corrected chi connectivity index (χ2v) is 7.89. The Kier molecular flexibility index (Phi) is 6.77. The Labute approximate surface area is 167 Å². The van der Waals surface area contributed by atoms with Crippen LogP contribution in [-0.4, -0.2) is 54.6 Å². The second kappa shape index (κ2) is 8.69. The lowest BCUT2D eigenvalue weighted by Crippen LogP contribution is -2.50. The van der Waals surface area contributed by atoms with Crippen LogP contribution < -0.4 is 5.73 Å². The van der Waals surface area contributed by atoms with Gasteiger partial charge in [0.25, 0.3) is 11.6 Å². The number of carbonyl (C=O) groups is 1. The largest absolute Gasteiger partial charge is 0.467 e. The van der Waals surface area contributed by atoms with Crippen LogP contribution in [0, 0.1) is 10.1 Å². The van der Waals surface area contributed by atoms with E-state index in [0.29, 0.717) is 11.3 Å². The van der Waals surface area contributed by atoms with E-state index in [1.165, 1.54) is 33.7 Å². The fourth-order valence-electron chi connectivity index (χ4n) is 2.82. The van der Waals surface area contributed by atoms with Crippen LogP contribution in [0.2, 0.25) is 0 Å². The molecule has 2 aromatic rings. The number of carbonyl (C=O) groups excluding carboxylic acids is 1. The van der Waals surface area contributed by atoms with Gasteiger partial charge in [-0.3, -0.25) is 14.9 Å². The highest BCUT2D eigenvalue weighted by Gasteiger charge is 2.31. The quantitative estimate of drug-likeness (QED) is 0.555. The standard InChI is InChI=1S/C16H18N4O6S.ClH/c17-10-14-8-12(11-26-14)16(21)18-4-6-19(7-5-18)27(24,25)15-3-1-2-13(9-15)20(22)23;/h1-3,8-9,11H,4-7,10,17H2;1H. The van der Waals surface area contributed by atoms with Gasteiger partial charge in [0.2, 0.25) is 10.0 Å². The van der Waals surface area contributed by atoms with E-state index in [1.807, 2.05) is 0 Å². The van der Waals surface area contributed by atoms with Gasteiger partial charge in [0.15, 0.2) is 0 Å². The molecular formula is C16H19ClN4O6S. The van der Waals surface area contributed by atoms with Crippen molar-refractivity contribution >= 4 is 34.0 Å². The van der Waals surface area contributed by atoms with Crippen LogP contribution in [0.3, 0.4) is 0 Å². The van der Waals surface area contributed by atoms with Gasteiger partial charge in [0.1, 0.15) is 12.0 Å². The van der Waals surface area contributed by atoms with Gasteiger partial charge in [-0.1, -0.05) is 6.07 Å². The van der Waals surface area contributed by atoms with Gasteiger partial charge in [0.05, 0.1) is 21.9 Å². The maximum absolute atomic E-state index is 12.7. The minimum absolute atomic E-state index is 0. The first-order valence-electron chi connectivity index (χ1n) is 8.14. The minimum atomic E-state index is -3.88. The van der Waals surface area contributed by atoms with E-state index in [2.05, 4.69) is 0 Å². The Bertz CT molecular complexity index is 969. The highest BCUT2D eigenvalue weighted by molar-refractivity contribution is 7.89. The Morgan fingerprint density at radius 1 is 1.21 bits per heavy atom. The van der Waals surface area contributed by atoms with Crippen molar-refractivity contribution < 1.29 is 22.6 Å². The summed E-state index contributed by atoms with van der Waals surface area (Å²) in [6, 6.07) is 6.48. The number of nitro groups is 1. The van der Waals surface area contributed by atoms with Crippen molar-refractivity contribution in [3.05, 3.63) is 58.0 Å². The molecule has 0 saturated carbocycles. The molecule has 0 unspecified atom stereocenters. The third-order valence-electron chi connectivity index (χ3n) is 4.29. The second-order valence-electron chi connectivity index (χ2n) is 5.96. The van der Waals surface area contributed by atoms with Crippen molar-refractivity contribution in [1.29, 1.82) is 0 Å². The summed E-state index contributed by atoms with van der Waals surface area (Å²) in [5, 5.41) is 10.9. The van der Waals surface area contributed by atoms with E-state index < -0.39 is 14.9 Å². The highest BCUT2D eigenvalue weighted by atomic mass is 35.5. The summed E-state index contributed by atoms with van der Waals surface area (Å²) in [7, 11) is -3.88. The molecule has 1 aliphatic rings. The molecule has 1 saturated heterocycles. The lowest BCUT2D eigenvalue weighted by atomic mass is 10.2. The number of halogens is 1. The number of amides is 1. The van der Waals surface area contributed by atoms with Gasteiger partial charge >= 0.3 is 0 Å². The van der Waals surface area contributed by atoms with Crippen molar-refractivity contribution in [2.45, 2.75) is 11.4 Å². The molecule has 2 heterocycles. The summed E-state index contributed by atoms with van der Waals surface area (Å²) in [5.41, 5.74) is 5.53. The molecule has 12 heteroatoms. The molecule has 1 aliphatic heterocycles. The summed E-state index contributed by atoms with van der Waals surface area (Å²) in [5.74, 6) is 0.232. The van der Waals surface area contributed by atoms with Gasteiger partial charge in [-0.2, -0.15) is 4.31 Å². The first kappa shape index (κ1) is 21.8. The number of hydrogen-bond acceptors (Lipinski definition) is 7. The topological polar surface area (TPSA) is 140 Å². The fourth-order valence-corrected chi connectivity index (χ4v) is 4.28. The highest BCUT2D eigenvalue weighted by Crippen LogP contribution is 2.22. The van der Waals surface area contributed by atoms with Crippen molar-refractivity contribution in [2.24, 2.45) is 5.73 Å². The molecule has 10 nitrogen and oxygen atoms in total. The van der Waals surface area contributed by atoms with Gasteiger partial charge in [-0.15, -0.1) is 12.4 Å². The lowest BCUT2D eigenvalue weighted by molar-refractivity contribution is -0.385. The van der Waals surface area contributed by atoms with Crippen LogP contribution in [0.25, 0.3) is 0 Å². The molecule has 1 amide bonds. The number of sulfonamides is 1. The molecule has 3 rings (SSSR count). The smallest absolute Gasteiger partial charge is 0.270 e. The molecule has 0 spiro atoms. The van der Waals surface area contributed by atoms with E-state index in [4.69, 9.17) is 10.2 Å². The van der Waals surface area contributed by atoms with E-state index in [1.54, 1.807) is 6.07 Å². The normalized spacial score (nSPS) is 15.1. The number of non-ortho nitro benzene ring substituents is 1. The summed E-state index contributed by atoms with van der Waals surface area (Å²) >= 11 is 0. The van der Waals surface area contributed by atoms with Gasteiger partial charge < -0.3 is 15.1 Å². The zero-order valence-corrected chi connectivity index (χ0v) is 16.3. The number of benzene rings is 1. The van der Waals surface area contributed by atoms with E-state index in [-0.39, 0.29) is 61.6 Å². The third-order valence-corrected chi connectivity index (χ3v) is 6.19. The maximum Gasteiger partial charge on any atom is 0.270 e. The summed E-state index contributed by atoms with van der Waals surface area (Å²) in [6.07, 6.45) is 1.33. The van der Waals surface area contributed by atoms with E-state index in [9.17, 15) is 23.3 Å². The summed E-state index contributed by atoms with van der Waals surface area (Å²) in [4.78, 5) is 24.1. The van der Waals surface area contributed by atoms with Crippen LogP contribution in [0.5, 0.6) is 0 Å². The predicted molar refractivity (Wildman–Crippen MR) is 102 cm³/mol. The molecule has 28 heavy (non-hydrogen) atoms. The SMILES string of the molecule is Cl.NCc1cc(C(=O)N2CCN(S(=O)(=O)c3cccc([N+](=O)[O-])c3)CC2)co1. The third kappa shape index (κ3) is 4.33. The number of nitrogens with two attached hydrogens (primary N) is 1. The first-order valence-corrected chi connectivity index (χ1v) is 9.58. The molecule has 0 bridgehead atoms. The number of piperazine rings is 1. The molecule has 2 N–H and O–H groups in total. The van der Waals surface area contributed by atoms with E-state index in [0.717, 1.165) is 6.07 Å². The van der Waals surface area contributed by atoms with Crippen LogP contribution >= 0.6 is 12.4 Å². The van der Waals surface area contributed by atoms with Crippen LogP contribution in [0.4, 0.5) is 5.69 Å². The minimum Gasteiger partial charge on any atom is -0.467 e.